The topological polar surface area (TPSA) is 64.3 Å². The van der Waals surface area contributed by atoms with E-state index in [4.69, 9.17) is 4.74 Å². The van der Waals surface area contributed by atoms with E-state index in [1.807, 2.05) is 57.2 Å². The van der Waals surface area contributed by atoms with Gasteiger partial charge >= 0.3 is 5.97 Å². The Kier molecular flexibility index (Phi) is 4.31. The van der Waals surface area contributed by atoms with Crippen LogP contribution in [0, 0.1) is 20.8 Å². The summed E-state index contributed by atoms with van der Waals surface area (Å²) in [5.41, 5.74) is 5.64. The van der Waals surface area contributed by atoms with E-state index in [0.29, 0.717) is 11.4 Å². The number of nitrogens with zero attached hydrogens (tertiary/aromatic N) is 2. The van der Waals surface area contributed by atoms with Gasteiger partial charge in [-0.15, -0.1) is 0 Å². The summed E-state index contributed by atoms with van der Waals surface area (Å²) in [4.78, 5) is 11.5. The minimum atomic E-state index is -1.06. The largest absolute Gasteiger partial charge is 0.496 e. The Hall–Kier alpha value is -3.08. The van der Waals surface area contributed by atoms with Gasteiger partial charge in [-0.3, -0.25) is 0 Å². The number of ether oxygens (including phenoxy) is 1. The molecule has 0 saturated carbocycles. The third-order valence-corrected chi connectivity index (χ3v) is 4.29. The molecule has 0 aliphatic heterocycles. The second-order valence-electron chi connectivity index (χ2n) is 6.10. The predicted molar refractivity (Wildman–Crippen MR) is 96.7 cm³/mol. The Morgan fingerprint density at radius 2 is 1.80 bits per heavy atom. The van der Waals surface area contributed by atoms with E-state index in [1.165, 1.54) is 5.56 Å². The summed E-state index contributed by atoms with van der Waals surface area (Å²) in [6, 6.07) is 13.3. The SMILES string of the molecule is COc1ccc(C)cc1-c1cc(C(=O)O)nn1-c1ccc(C)c(C)c1. The number of rotatable bonds is 4. The van der Waals surface area contributed by atoms with Crippen LogP contribution in [0.15, 0.2) is 42.5 Å². The smallest absolute Gasteiger partial charge is 0.356 e. The van der Waals surface area contributed by atoms with Crippen molar-refractivity contribution in [1.82, 2.24) is 9.78 Å². The van der Waals surface area contributed by atoms with E-state index in [0.717, 1.165) is 22.4 Å². The fourth-order valence-electron chi connectivity index (χ4n) is 2.75. The molecule has 1 aromatic heterocycles. The number of aromatic carboxylic acids is 1. The van der Waals surface area contributed by atoms with Crippen LogP contribution in [0.5, 0.6) is 5.75 Å². The highest BCUT2D eigenvalue weighted by Crippen LogP contribution is 2.33. The average Bonchev–Trinajstić information content (AvgIpc) is 3.02. The Bertz CT molecular complexity index is 958. The molecule has 3 rings (SSSR count). The van der Waals surface area contributed by atoms with Gasteiger partial charge in [0, 0.05) is 5.56 Å². The molecule has 0 radical (unpaired) electrons. The van der Waals surface area contributed by atoms with Crippen LogP contribution in [0.4, 0.5) is 0 Å². The number of aromatic nitrogens is 2. The standard InChI is InChI=1S/C20H20N2O3/c1-12-5-8-19(25-4)16(9-12)18-11-17(20(23)24)21-22(18)15-7-6-13(2)14(3)10-15/h5-11H,1-4H3,(H,23,24). The van der Waals surface area contributed by atoms with Crippen molar-refractivity contribution in [2.45, 2.75) is 20.8 Å². The Balaban J connectivity index is 2.28. The lowest BCUT2D eigenvalue weighted by Gasteiger charge is -2.13. The number of carboxylic acid groups (broad SMARTS) is 1. The first-order valence-corrected chi connectivity index (χ1v) is 7.96. The van der Waals surface area contributed by atoms with Crippen LogP contribution in [0.3, 0.4) is 0 Å². The van der Waals surface area contributed by atoms with Gasteiger partial charge in [-0.25, -0.2) is 9.48 Å². The molecular weight excluding hydrogens is 316 g/mol. The quantitative estimate of drug-likeness (QED) is 0.776. The molecule has 25 heavy (non-hydrogen) atoms. The maximum absolute atomic E-state index is 11.5. The van der Waals surface area contributed by atoms with Crippen LogP contribution in [-0.2, 0) is 0 Å². The van der Waals surface area contributed by atoms with Crippen molar-refractivity contribution in [3.05, 3.63) is 64.8 Å². The van der Waals surface area contributed by atoms with Gasteiger partial charge in [0.25, 0.3) is 0 Å². The van der Waals surface area contributed by atoms with Gasteiger partial charge in [0.1, 0.15) is 5.75 Å². The molecule has 0 amide bonds. The number of carboxylic acids is 1. The molecule has 5 heteroatoms. The van der Waals surface area contributed by atoms with Crippen molar-refractivity contribution < 1.29 is 14.6 Å². The third kappa shape index (κ3) is 3.13. The molecule has 0 aliphatic rings. The second kappa shape index (κ2) is 6.43. The number of hydrogen-bond acceptors (Lipinski definition) is 3. The molecule has 5 nitrogen and oxygen atoms in total. The maximum Gasteiger partial charge on any atom is 0.356 e. The number of aryl methyl sites for hydroxylation is 3. The van der Waals surface area contributed by atoms with E-state index < -0.39 is 5.97 Å². The summed E-state index contributed by atoms with van der Waals surface area (Å²) >= 11 is 0. The van der Waals surface area contributed by atoms with Crippen LogP contribution in [-0.4, -0.2) is 28.0 Å². The van der Waals surface area contributed by atoms with Gasteiger partial charge in [-0.2, -0.15) is 5.10 Å². The average molecular weight is 336 g/mol. The molecule has 1 heterocycles. The summed E-state index contributed by atoms with van der Waals surface area (Å²) in [7, 11) is 1.60. The van der Waals surface area contributed by atoms with Crippen molar-refractivity contribution >= 4 is 5.97 Å². The lowest BCUT2D eigenvalue weighted by atomic mass is 10.1. The molecule has 3 aromatic rings. The molecule has 0 saturated heterocycles. The number of benzene rings is 2. The van der Waals surface area contributed by atoms with Crippen LogP contribution in [0.1, 0.15) is 27.2 Å². The minimum Gasteiger partial charge on any atom is -0.496 e. The first kappa shape index (κ1) is 16.8. The van der Waals surface area contributed by atoms with E-state index in [2.05, 4.69) is 5.10 Å². The van der Waals surface area contributed by atoms with Crippen LogP contribution < -0.4 is 4.74 Å². The molecule has 0 fully saturated rings. The number of hydrogen-bond donors (Lipinski definition) is 1. The molecule has 128 valence electrons. The van der Waals surface area contributed by atoms with Crippen molar-refractivity contribution in [3.8, 4) is 22.7 Å². The summed E-state index contributed by atoms with van der Waals surface area (Å²) in [6.45, 7) is 6.04. The van der Waals surface area contributed by atoms with Crippen molar-refractivity contribution in [2.75, 3.05) is 7.11 Å². The number of methoxy groups -OCH3 is 1. The normalized spacial score (nSPS) is 10.7. The lowest BCUT2D eigenvalue weighted by molar-refractivity contribution is 0.0690. The van der Waals surface area contributed by atoms with Gasteiger partial charge < -0.3 is 9.84 Å². The Morgan fingerprint density at radius 1 is 1.04 bits per heavy atom. The summed E-state index contributed by atoms with van der Waals surface area (Å²) in [6.07, 6.45) is 0. The van der Waals surface area contributed by atoms with Crippen LogP contribution in [0.2, 0.25) is 0 Å². The van der Waals surface area contributed by atoms with E-state index >= 15 is 0 Å². The van der Waals surface area contributed by atoms with Gasteiger partial charge in [0.2, 0.25) is 0 Å². The summed E-state index contributed by atoms with van der Waals surface area (Å²) in [5, 5.41) is 13.7. The predicted octanol–water partition coefficient (Wildman–Crippen LogP) is 4.17. The Labute approximate surface area is 146 Å². The second-order valence-corrected chi connectivity index (χ2v) is 6.10. The number of carbonyl (C=O) groups is 1. The fraction of sp³-hybridized carbons (Fsp3) is 0.200. The molecular formula is C20H20N2O3. The summed E-state index contributed by atoms with van der Waals surface area (Å²) in [5.74, 6) is -0.386. The monoisotopic (exact) mass is 336 g/mol. The highest BCUT2D eigenvalue weighted by atomic mass is 16.5. The highest BCUT2D eigenvalue weighted by molar-refractivity contribution is 5.88. The zero-order valence-electron chi connectivity index (χ0n) is 14.7. The van der Waals surface area contributed by atoms with Crippen molar-refractivity contribution in [2.24, 2.45) is 0 Å². The summed E-state index contributed by atoms with van der Waals surface area (Å²) < 4.78 is 7.13. The van der Waals surface area contributed by atoms with Gasteiger partial charge in [0.05, 0.1) is 18.5 Å². The fourth-order valence-corrected chi connectivity index (χ4v) is 2.75. The van der Waals surface area contributed by atoms with Gasteiger partial charge in [-0.1, -0.05) is 17.7 Å². The van der Waals surface area contributed by atoms with E-state index in [9.17, 15) is 9.90 Å². The molecule has 0 aliphatic carbocycles. The molecule has 0 atom stereocenters. The molecule has 0 bridgehead atoms. The zero-order valence-corrected chi connectivity index (χ0v) is 14.7. The van der Waals surface area contributed by atoms with Gasteiger partial charge in [0.15, 0.2) is 5.69 Å². The molecule has 0 spiro atoms. The van der Waals surface area contributed by atoms with E-state index in [1.54, 1.807) is 17.9 Å². The highest BCUT2D eigenvalue weighted by Gasteiger charge is 2.19. The van der Waals surface area contributed by atoms with Crippen LogP contribution >= 0.6 is 0 Å². The molecule has 1 N–H and O–H groups in total. The third-order valence-electron chi connectivity index (χ3n) is 4.29. The zero-order chi connectivity index (χ0) is 18.1. The first-order valence-electron chi connectivity index (χ1n) is 7.96. The first-order chi connectivity index (χ1) is 11.9. The van der Waals surface area contributed by atoms with Gasteiger partial charge in [-0.05, 0) is 62.2 Å². The van der Waals surface area contributed by atoms with Crippen molar-refractivity contribution in [1.29, 1.82) is 0 Å². The van der Waals surface area contributed by atoms with Crippen LogP contribution in [0.25, 0.3) is 16.9 Å². The Morgan fingerprint density at radius 3 is 2.44 bits per heavy atom. The minimum absolute atomic E-state index is 0.00297. The molecule has 0 unspecified atom stereocenters. The van der Waals surface area contributed by atoms with Crippen molar-refractivity contribution in [3.63, 3.8) is 0 Å². The lowest BCUT2D eigenvalue weighted by Crippen LogP contribution is -2.03. The molecule has 2 aromatic carbocycles. The maximum atomic E-state index is 11.5. The van der Waals surface area contributed by atoms with E-state index in [-0.39, 0.29) is 5.69 Å².